The molecule has 24 heavy (non-hydrogen) atoms. The van der Waals surface area contributed by atoms with Crippen molar-refractivity contribution < 1.29 is 22.8 Å². The van der Waals surface area contributed by atoms with E-state index >= 15 is 0 Å². The van der Waals surface area contributed by atoms with E-state index in [2.05, 4.69) is 12.2 Å². The minimum absolute atomic E-state index is 0.0401. The molecule has 132 valence electrons. The van der Waals surface area contributed by atoms with Crippen LogP contribution in [0.15, 0.2) is 24.3 Å². The molecule has 0 radical (unpaired) electrons. The summed E-state index contributed by atoms with van der Waals surface area (Å²) < 4.78 is 37.1. The van der Waals surface area contributed by atoms with Crippen LogP contribution in [0.25, 0.3) is 0 Å². The highest BCUT2D eigenvalue weighted by atomic mass is 19.4. The molecule has 4 nitrogen and oxygen atoms in total. The van der Waals surface area contributed by atoms with E-state index in [1.54, 1.807) is 0 Å². The SMILES string of the molecule is CCc1ccc(CNC(=O)C2CCN(C(=O)C(F)(F)F)CC2)cc1. The van der Waals surface area contributed by atoms with Crippen LogP contribution < -0.4 is 5.32 Å². The van der Waals surface area contributed by atoms with E-state index in [1.807, 2.05) is 24.3 Å². The number of carbonyl (C=O) groups is 2. The van der Waals surface area contributed by atoms with E-state index in [0.717, 1.165) is 16.9 Å². The lowest BCUT2D eigenvalue weighted by molar-refractivity contribution is -0.186. The molecule has 0 atom stereocenters. The van der Waals surface area contributed by atoms with E-state index in [9.17, 15) is 22.8 Å². The average molecular weight is 342 g/mol. The molecule has 2 rings (SSSR count). The fourth-order valence-electron chi connectivity index (χ4n) is 2.75. The molecule has 1 saturated heterocycles. The van der Waals surface area contributed by atoms with Gasteiger partial charge in [-0.15, -0.1) is 0 Å². The second-order valence-corrected chi connectivity index (χ2v) is 5.95. The number of halogens is 3. The quantitative estimate of drug-likeness (QED) is 0.915. The zero-order valence-corrected chi connectivity index (χ0v) is 13.5. The number of piperidine rings is 1. The van der Waals surface area contributed by atoms with Gasteiger partial charge in [-0.2, -0.15) is 13.2 Å². The van der Waals surface area contributed by atoms with Crippen molar-refractivity contribution in [3.05, 3.63) is 35.4 Å². The van der Waals surface area contributed by atoms with Crippen LogP contribution in [0, 0.1) is 5.92 Å². The predicted octanol–water partition coefficient (Wildman–Crippen LogP) is 2.67. The third-order valence-electron chi connectivity index (χ3n) is 4.29. The third-order valence-corrected chi connectivity index (χ3v) is 4.29. The smallest absolute Gasteiger partial charge is 0.352 e. The van der Waals surface area contributed by atoms with Gasteiger partial charge in [0.25, 0.3) is 0 Å². The van der Waals surface area contributed by atoms with Crippen molar-refractivity contribution in [2.75, 3.05) is 13.1 Å². The van der Waals surface area contributed by atoms with Gasteiger partial charge in [0.2, 0.25) is 5.91 Å². The van der Waals surface area contributed by atoms with Gasteiger partial charge in [0, 0.05) is 25.6 Å². The molecule has 1 aromatic carbocycles. The lowest BCUT2D eigenvalue weighted by Crippen LogP contribution is -2.47. The summed E-state index contributed by atoms with van der Waals surface area (Å²) in [6.07, 6.45) is -3.40. The number of likely N-dealkylation sites (tertiary alicyclic amines) is 1. The van der Waals surface area contributed by atoms with Crippen LogP contribution in [-0.2, 0) is 22.6 Å². The summed E-state index contributed by atoms with van der Waals surface area (Å²) in [4.78, 5) is 24.1. The van der Waals surface area contributed by atoms with Gasteiger partial charge in [0.15, 0.2) is 0 Å². The predicted molar refractivity (Wildman–Crippen MR) is 83.0 cm³/mol. The van der Waals surface area contributed by atoms with Crippen molar-refractivity contribution in [3.63, 3.8) is 0 Å². The molecule has 2 amide bonds. The summed E-state index contributed by atoms with van der Waals surface area (Å²) in [6.45, 7) is 2.38. The minimum Gasteiger partial charge on any atom is -0.352 e. The van der Waals surface area contributed by atoms with Gasteiger partial charge in [-0.1, -0.05) is 31.2 Å². The number of amides is 2. The van der Waals surface area contributed by atoms with Gasteiger partial charge >= 0.3 is 12.1 Å². The molecular weight excluding hydrogens is 321 g/mol. The number of alkyl halides is 3. The molecule has 1 aliphatic rings. The van der Waals surface area contributed by atoms with Crippen LogP contribution in [0.3, 0.4) is 0 Å². The molecule has 0 unspecified atom stereocenters. The van der Waals surface area contributed by atoms with Gasteiger partial charge in [-0.25, -0.2) is 0 Å². The zero-order valence-electron chi connectivity index (χ0n) is 13.5. The van der Waals surface area contributed by atoms with Gasteiger partial charge in [0.1, 0.15) is 0 Å². The number of hydrogen-bond donors (Lipinski definition) is 1. The Hall–Kier alpha value is -2.05. The molecular formula is C17H21F3N2O2. The van der Waals surface area contributed by atoms with Crippen molar-refractivity contribution in [2.45, 2.75) is 38.9 Å². The van der Waals surface area contributed by atoms with Crippen LogP contribution >= 0.6 is 0 Å². The van der Waals surface area contributed by atoms with Crippen LogP contribution in [0.5, 0.6) is 0 Å². The Morgan fingerprint density at radius 1 is 1.12 bits per heavy atom. The number of nitrogens with zero attached hydrogens (tertiary/aromatic N) is 1. The standard InChI is InChI=1S/C17H21F3N2O2/c1-2-12-3-5-13(6-4-12)11-21-15(23)14-7-9-22(10-8-14)16(24)17(18,19)20/h3-6,14H,2,7-11H2,1H3,(H,21,23). The zero-order chi connectivity index (χ0) is 17.7. The first-order valence-corrected chi connectivity index (χ1v) is 8.03. The first-order valence-electron chi connectivity index (χ1n) is 8.03. The van der Waals surface area contributed by atoms with Gasteiger partial charge in [-0.3, -0.25) is 9.59 Å². The van der Waals surface area contributed by atoms with E-state index < -0.39 is 12.1 Å². The van der Waals surface area contributed by atoms with Crippen LogP contribution in [0.4, 0.5) is 13.2 Å². The molecule has 0 aromatic heterocycles. The molecule has 1 N–H and O–H groups in total. The summed E-state index contributed by atoms with van der Waals surface area (Å²) in [7, 11) is 0. The summed E-state index contributed by atoms with van der Waals surface area (Å²) in [5.74, 6) is -2.34. The van der Waals surface area contributed by atoms with Crippen molar-refractivity contribution in [3.8, 4) is 0 Å². The van der Waals surface area contributed by atoms with E-state index in [4.69, 9.17) is 0 Å². The number of nitrogens with one attached hydrogen (secondary N) is 1. The Kier molecular flexibility index (Phi) is 5.85. The molecule has 0 saturated carbocycles. The third kappa shape index (κ3) is 4.72. The Bertz CT molecular complexity index is 576. The molecule has 0 spiro atoms. The lowest BCUT2D eigenvalue weighted by Gasteiger charge is -2.31. The largest absolute Gasteiger partial charge is 0.471 e. The summed E-state index contributed by atoms with van der Waals surface area (Å²) in [5, 5.41) is 2.82. The number of hydrogen-bond acceptors (Lipinski definition) is 2. The number of rotatable bonds is 4. The van der Waals surface area contributed by atoms with Crippen molar-refractivity contribution in [2.24, 2.45) is 5.92 Å². The number of aryl methyl sites for hydroxylation is 1. The maximum Gasteiger partial charge on any atom is 0.471 e. The number of benzene rings is 1. The summed E-state index contributed by atoms with van der Waals surface area (Å²) >= 11 is 0. The second-order valence-electron chi connectivity index (χ2n) is 5.95. The van der Waals surface area contributed by atoms with Gasteiger partial charge < -0.3 is 10.2 Å². The second kappa shape index (κ2) is 7.68. The molecule has 0 bridgehead atoms. The minimum atomic E-state index is -4.85. The fourth-order valence-corrected chi connectivity index (χ4v) is 2.75. The lowest BCUT2D eigenvalue weighted by atomic mass is 9.95. The maximum atomic E-state index is 12.4. The Labute approximate surface area is 139 Å². The van der Waals surface area contributed by atoms with Crippen LogP contribution in [-0.4, -0.2) is 36.0 Å². The summed E-state index contributed by atoms with van der Waals surface area (Å²) in [5.41, 5.74) is 2.19. The fraction of sp³-hybridized carbons (Fsp3) is 0.529. The monoisotopic (exact) mass is 342 g/mol. The first-order chi connectivity index (χ1) is 11.3. The topological polar surface area (TPSA) is 49.4 Å². The normalized spacial score (nSPS) is 16.1. The van der Waals surface area contributed by atoms with Gasteiger partial charge in [0.05, 0.1) is 0 Å². The summed E-state index contributed by atoms with van der Waals surface area (Å²) in [6, 6.07) is 7.90. The highest BCUT2D eigenvalue weighted by Gasteiger charge is 2.43. The Morgan fingerprint density at radius 3 is 2.17 bits per heavy atom. The molecule has 1 heterocycles. The molecule has 1 aliphatic heterocycles. The van der Waals surface area contributed by atoms with Crippen molar-refractivity contribution in [1.29, 1.82) is 0 Å². The van der Waals surface area contributed by atoms with Crippen molar-refractivity contribution in [1.82, 2.24) is 10.2 Å². The van der Waals surface area contributed by atoms with Crippen molar-refractivity contribution >= 4 is 11.8 Å². The Morgan fingerprint density at radius 2 is 1.67 bits per heavy atom. The highest BCUT2D eigenvalue weighted by molar-refractivity contribution is 5.83. The molecule has 1 aromatic rings. The molecule has 0 aliphatic carbocycles. The van der Waals surface area contributed by atoms with E-state index in [0.29, 0.717) is 6.54 Å². The average Bonchev–Trinajstić information content (AvgIpc) is 2.58. The molecule has 1 fully saturated rings. The number of carbonyl (C=O) groups excluding carboxylic acids is 2. The van der Waals surface area contributed by atoms with E-state index in [-0.39, 0.29) is 37.8 Å². The maximum absolute atomic E-state index is 12.4. The van der Waals surface area contributed by atoms with E-state index in [1.165, 1.54) is 5.56 Å². The first kappa shape index (κ1) is 18.3. The Balaban J connectivity index is 1.79. The van der Waals surface area contributed by atoms with Gasteiger partial charge in [-0.05, 0) is 30.4 Å². The molecule has 7 heteroatoms. The highest BCUT2D eigenvalue weighted by Crippen LogP contribution is 2.24. The van der Waals surface area contributed by atoms with Crippen LogP contribution in [0.2, 0.25) is 0 Å². The van der Waals surface area contributed by atoms with Crippen LogP contribution in [0.1, 0.15) is 30.9 Å².